The molecule has 3 aromatic rings. The number of benzene rings is 2. The van der Waals surface area contributed by atoms with E-state index in [1.54, 1.807) is 0 Å². The molecule has 104 valence electrons. The second-order valence-electron chi connectivity index (χ2n) is 4.30. The van der Waals surface area contributed by atoms with Crippen molar-refractivity contribution in [2.24, 2.45) is 0 Å². The highest BCUT2D eigenvalue weighted by Crippen LogP contribution is 2.31. The Labute approximate surface area is 119 Å². The van der Waals surface area contributed by atoms with Crippen molar-refractivity contribution in [3.05, 3.63) is 54.1 Å². The third-order valence-electron chi connectivity index (χ3n) is 2.95. The zero-order valence-corrected chi connectivity index (χ0v) is 10.7. The largest absolute Gasteiger partial charge is 0.506 e. The van der Waals surface area contributed by atoms with Gasteiger partial charge in [0.25, 0.3) is 5.89 Å². The lowest BCUT2D eigenvalue weighted by Gasteiger charge is -2.02. The number of phenols is 1. The number of aromatic carboxylic acids is 1. The molecule has 0 saturated carbocycles. The maximum Gasteiger partial charge on any atom is 0.339 e. The molecule has 1 aromatic heterocycles. The predicted octanol–water partition coefficient (Wildman–Crippen LogP) is 2.81. The first-order valence-corrected chi connectivity index (χ1v) is 6.11. The molecule has 0 aliphatic heterocycles. The van der Waals surface area contributed by atoms with Crippen LogP contribution in [0.4, 0.5) is 0 Å². The number of para-hydroxylation sites is 1. The van der Waals surface area contributed by atoms with Gasteiger partial charge in [-0.3, -0.25) is 0 Å². The van der Waals surface area contributed by atoms with Crippen LogP contribution >= 0.6 is 0 Å². The van der Waals surface area contributed by atoms with Crippen molar-refractivity contribution in [3.63, 3.8) is 0 Å². The summed E-state index contributed by atoms with van der Waals surface area (Å²) >= 11 is 0. The van der Waals surface area contributed by atoms with E-state index in [1.165, 1.54) is 18.2 Å². The summed E-state index contributed by atoms with van der Waals surface area (Å²) in [4.78, 5) is 15.2. The highest BCUT2D eigenvalue weighted by Gasteiger charge is 2.18. The van der Waals surface area contributed by atoms with E-state index in [0.29, 0.717) is 5.89 Å². The maximum atomic E-state index is 11.0. The summed E-state index contributed by atoms with van der Waals surface area (Å²) in [5.74, 6) is -1.17. The Morgan fingerprint density at radius 2 is 1.81 bits per heavy atom. The van der Waals surface area contributed by atoms with Gasteiger partial charge in [0.05, 0.1) is 5.56 Å². The summed E-state index contributed by atoms with van der Waals surface area (Å²) in [5, 5.41) is 22.8. The third kappa shape index (κ3) is 2.34. The van der Waals surface area contributed by atoms with Crippen LogP contribution in [0.25, 0.3) is 22.8 Å². The van der Waals surface area contributed by atoms with Gasteiger partial charge in [-0.25, -0.2) is 4.79 Å². The first-order chi connectivity index (χ1) is 10.2. The molecular formula is C15H10N2O4. The zero-order chi connectivity index (χ0) is 14.8. The number of aromatic nitrogens is 2. The molecular weight excluding hydrogens is 272 g/mol. The number of hydrogen-bond acceptors (Lipinski definition) is 5. The molecule has 3 rings (SSSR count). The number of aromatic hydroxyl groups is 1. The van der Waals surface area contributed by atoms with Gasteiger partial charge in [0, 0.05) is 5.56 Å². The van der Waals surface area contributed by atoms with Crippen LogP contribution in [-0.2, 0) is 0 Å². The monoisotopic (exact) mass is 282 g/mol. The van der Waals surface area contributed by atoms with Gasteiger partial charge in [0.15, 0.2) is 0 Å². The van der Waals surface area contributed by atoms with E-state index < -0.39 is 5.97 Å². The van der Waals surface area contributed by atoms with E-state index in [-0.39, 0.29) is 22.7 Å². The van der Waals surface area contributed by atoms with E-state index in [0.717, 1.165) is 5.56 Å². The molecule has 6 nitrogen and oxygen atoms in total. The fraction of sp³-hybridized carbons (Fsp3) is 0. The van der Waals surface area contributed by atoms with Gasteiger partial charge in [-0.1, -0.05) is 29.4 Å². The number of rotatable bonds is 3. The summed E-state index contributed by atoms with van der Waals surface area (Å²) in [5.41, 5.74) is 0.740. The molecule has 0 aliphatic rings. The Morgan fingerprint density at radius 1 is 1.05 bits per heavy atom. The van der Waals surface area contributed by atoms with Crippen molar-refractivity contribution in [1.29, 1.82) is 0 Å². The highest BCUT2D eigenvalue weighted by molar-refractivity contribution is 5.93. The molecule has 0 saturated heterocycles. The lowest BCUT2D eigenvalue weighted by Crippen LogP contribution is -1.97. The SMILES string of the molecule is O=C(O)c1cccc(-c2noc(-c3ccccc3)n2)c1O. The minimum Gasteiger partial charge on any atom is -0.506 e. The molecule has 2 N–H and O–H groups in total. The number of hydrogen-bond donors (Lipinski definition) is 2. The number of carbonyl (C=O) groups is 1. The first-order valence-electron chi connectivity index (χ1n) is 6.11. The minimum absolute atomic E-state index is 0.134. The van der Waals surface area contributed by atoms with E-state index in [1.807, 2.05) is 30.3 Å². The molecule has 0 radical (unpaired) electrons. The van der Waals surface area contributed by atoms with Crippen LogP contribution in [-0.4, -0.2) is 26.3 Å². The Balaban J connectivity index is 2.05. The molecule has 0 fully saturated rings. The predicted molar refractivity (Wildman–Crippen MR) is 73.8 cm³/mol. The van der Waals surface area contributed by atoms with Gasteiger partial charge in [0.2, 0.25) is 5.82 Å². The van der Waals surface area contributed by atoms with Crippen LogP contribution in [0.15, 0.2) is 53.1 Å². The first kappa shape index (κ1) is 12.9. The van der Waals surface area contributed by atoms with Crippen LogP contribution in [0.3, 0.4) is 0 Å². The molecule has 0 bridgehead atoms. The maximum absolute atomic E-state index is 11.0. The standard InChI is InChI=1S/C15H10N2O4/c18-12-10(7-4-8-11(12)15(19)20)13-16-14(21-17-13)9-5-2-1-3-6-9/h1-8,18H,(H,19,20). The Hall–Kier alpha value is -3.15. The zero-order valence-electron chi connectivity index (χ0n) is 10.7. The smallest absolute Gasteiger partial charge is 0.339 e. The van der Waals surface area contributed by atoms with Crippen molar-refractivity contribution >= 4 is 5.97 Å². The Morgan fingerprint density at radius 3 is 2.52 bits per heavy atom. The van der Waals surface area contributed by atoms with E-state index in [9.17, 15) is 9.90 Å². The fourth-order valence-corrected chi connectivity index (χ4v) is 1.93. The van der Waals surface area contributed by atoms with Gasteiger partial charge in [-0.15, -0.1) is 0 Å². The van der Waals surface area contributed by atoms with Crippen LogP contribution in [0.5, 0.6) is 5.75 Å². The fourth-order valence-electron chi connectivity index (χ4n) is 1.93. The average molecular weight is 282 g/mol. The molecule has 6 heteroatoms. The second kappa shape index (κ2) is 5.09. The van der Waals surface area contributed by atoms with Crippen LogP contribution < -0.4 is 0 Å². The van der Waals surface area contributed by atoms with Crippen molar-refractivity contribution in [1.82, 2.24) is 10.1 Å². The van der Waals surface area contributed by atoms with Crippen molar-refractivity contribution in [2.75, 3.05) is 0 Å². The molecule has 2 aromatic carbocycles. The number of carboxylic acids is 1. The summed E-state index contributed by atoms with van der Waals surface area (Å²) in [6, 6.07) is 13.5. The van der Waals surface area contributed by atoms with Crippen LogP contribution in [0.1, 0.15) is 10.4 Å². The molecule has 0 aliphatic carbocycles. The van der Waals surface area contributed by atoms with Crippen LogP contribution in [0, 0.1) is 0 Å². The molecule has 0 amide bonds. The highest BCUT2D eigenvalue weighted by atomic mass is 16.5. The molecule has 0 unspecified atom stereocenters. The summed E-state index contributed by atoms with van der Waals surface area (Å²) in [6.45, 7) is 0. The Bertz CT molecular complexity index is 796. The van der Waals surface area contributed by atoms with E-state index >= 15 is 0 Å². The lowest BCUT2D eigenvalue weighted by atomic mass is 10.1. The van der Waals surface area contributed by atoms with E-state index in [2.05, 4.69) is 10.1 Å². The van der Waals surface area contributed by atoms with Gasteiger partial charge in [0.1, 0.15) is 11.3 Å². The second-order valence-corrected chi connectivity index (χ2v) is 4.30. The van der Waals surface area contributed by atoms with Gasteiger partial charge >= 0.3 is 5.97 Å². The summed E-state index contributed by atoms with van der Waals surface area (Å²) < 4.78 is 5.14. The van der Waals surface area contributed by atoms with Gasteiger partial charge in [-0.2, -0.15) is 4.98 Å². The molecule has 0 atom stereocenters. The average Bonchev–Trinajstić information content (AvgIpc) is 2.98. The van der Waals surface area contributed by atoms with Crippen molar-refractivity contribution in [2.45, 2.75) is 0 Å². The number of nitrogens with zero attached hydrogens (tertiary/aromatic N) is 2. The minimum atomic E-state index is -1.22. The summed E-state index contributed by atoms with van der Waals surface area (Å²) in [6.07, 6.45) is 0. The normalized spacial score (nSPS) is 10.5. The van der Waals surface area contributed by atoms with Gasteiger partial charge in [-0.05, 0) is 24.3 Å². The molecule has 1 heterocycles. The van der Waals surface area contributed by atoms with Crippen molar-refractivity contribution < 1.29 is 19.5 Å². The lowest BCUT2D eigenvalue weighted by molar-refractivity contribution is 0.0694. The molecule has 0 spiro atoms. The topological polar surface area (TPSA) is 96.5 Å². The third-order valence-corrected chi connectivity index (χ3v) is 2.95. The summed E-state index contributed by atoms with van der Waals surface area (Å²) in [7, 11) is 0. The quantitative estimate of drug-likeness (QED) is 0.766. The Kier molecular flexibility index (Phi) is 3.12. The van der Waals surface area contributed by atoms with E-state index in [4.69, 9.17) is 9.63 Å². The molecule has 21 heavy (non-hydrogen) atoms. The van der Waals surface area contributed by atoms with Crippen LogP contribution in [0.2, 0.25) is 0 Å². The van der Waals surface area contributed by atoms with Crippen molar-refractivity contribution in [3.8, 4) is 28.6 Å². The van der Waals surface area contributed by atoms with Gasteiger partial charge < -0.3 is 14.7 Å². The number of carboxylic acid groups (broad SMARTS) is 1.